The first-order valence-corrected chi connectivity index (χ1v) is 2.08. The molecule has 2 N–H and O–H groups in total. The third-order valence-electron chi connectivity index (χ3n) is 0.175. The fourth-order valence-corrected chi connectivity index (χ4v) is 0.224. The van der Waals surface area contributed by atoms with Gasteiger partial charge in [-0.3, -0.25) is 0 Å². The molecule has 2 radical (unpaired) electrons. The zero-order valence-electron chi connectivity index (χ0n) is 3.83. The molecule has 0 aliphatic heterocycles. The smallest absolute Gasteiger partial charge is 0.376 e. The summed E-state index contributed by atoms with van der Waals surface area (Å²) in [4.78, 5) is 18.8. The van der Waals surface area contributed by atoms with E-state index in [0.29, 0.717) is 0 Å². The van der Waals surface area contributed by atoms with Gasteiger partial charge in [-0.25, -0.2) is 9.59 Å². The van der Waals surface area contributed by atoms with E-state index < -0.39 is 10.6 Å². The first-order chi connectivity index (χ1) is 3.13. The Labute approximate surface area is 79.3 Å². The van der Waals surface area contributed by atoms with Crippen molar-refractivity contribution in [1.29, 1.82) is 0 Å². The zero-order chi connectivity index (χ0) is 5.86. The van der Waals surface area contributed by atoms with Gasteiger partial charge < -0.3 is 10.2 Å². The van der Waals surface area contributed by atoms with Crippen molar-refractivity contribution in [2.75, 3.05) is 0 Å². The number of carbonyl (C=O) groups is 2. The first-order valence-electron chi connectivity index (χ1n) is 1.26. The quantitative estimate of drug-likeness (QED) is 0.513. The normalized spacial score (nSPS) is 7.00. The minimum absolute atomic E-state index is 0. The van der Waals surface area contributed by atoms with Gasteiger partial charge >= 0.3 is 10.6 Å². The maximum Gasteiger partial charge on any atom is 0.376 e. The molecule has 0 fully saturated rings. The average Bonchev–Trinajstić information content (AvgIpc) is 1.27. The third-order valence-corrected chi connectivity index (χ3v) is 0.524. The van der Waals surface area contributed by atoms with Crippen LogP contribution in [0.25, 0.3) is 0 Å². The van der Waals surface area contributed by atoms with Gasteiger partial charge in [-0.05, 0) is 0 Å². The summed E-state index contributed by atoms with van der Waals surface area (Å²) < 4.78 is 0. The van der Waals surface area contributed by atoms with Crippen molar-refractivity contribution in [1.82, 2.24) is 0 Å². The molecule has 0 aromatic rings. The van der Waals surface area contributed by atoms with Gasteiger partial charge in [0.2, 0.25) is 0 Å². The summed E-state index contributed by atoms with van der Waals surface area (Å²) in [7, 11) is 0. The fourth-order valence-electron chi connectivity index (χ4n) is 0.0747. The Balaban J connectivity index is 0. The van der Waals surface area contributed by atoms with Crippen molar-refractivity contribution in [3.63, 3.8) is 0 Å². The molecule has 0 aliphatic carbocycles. The summed E-state index contributed by atoms with van der Waals surface area (Å²) in [5, 5.41) is 12.5. The molecule has 0 rings (SSSR count). The molecule has 0 aromatic carbocycles. The Morgan fingerprint density at radius 2 is 1.38 bits per heavy atom. The van der Waals surface area contributed by atoms with Gasteiger partial charge in [-0.1, -0.05) is 0 Å². The van der Waals surface area contributed by atoms with Crippen LogP contribution in [0.5, 0.6) is 0 Å². The van der Waals surface area contributed by atoms with Crippen LogP contribution in [0.4, 0.5) is 9.59 Å². The number of hydrogen-bond donors (Lipinski definition) is 2. The molecule has 0 unspecified atom stereocenters. The van der Waals surface area contributed by atoms with Crippen molar-refractivity contribution in [3.05, 3.63) is 0 Å². The molecular formula is C2H2CaO4S. The summed E-state index contributed by atoms with van der Waals surface area (Å²) in [6.45, 7) is 0. The van der Waals surface area contributed by atoms with E-state index in [1.807, 2.05) is 0 Å². The van der Waals surface area contributed by atoms with Crippen molar-refractivity contribution in [2.24, 2.45) is 0 Å². The summed E-state index contributed by atoms with van der Waals surface area (Å²) in [5.74, 6) is 0. The van der Waals surface area contributed by atoms with E-state index in [9.17, 15) is 9.59 Å². The van der Waals surface area contributed by atoms with Crippen LogP contribution < -0.4 is 0 Å². The summed E-state index contributed by atoms with van der Waals surface area (Å²) >= 11 is -0.157. The Morgan fingerprint density at radius 3 is 1.38 bits per heavy atom. The predicted molar refractivity (Wildman–Crippen MR) is 29.4 cm³/mol. The van der Waals surface area contributed by atoms with E-state index in [2.05, 4.69) is 0 Å². The molecule has 0 bridgehead atoms. The van der Waals surface area contributed by atoms with Gasteiger partial charge in [0.25, 0.3) is 0 Å². The van der Waals surface area contributed by atoms with Crippen molar-refractivity contribution in [2.45, 2.75) is 0 Å². The van der Waals surface area contributed by atoms with Gasteiger partial charge in [0.15, 0.2) is 0 Å². The van der Waals surface area contributed by atoms with Crippen LogP contribution in [0.3, 0.4) is 0 Å². The van der Waals surface area contributed by atoms with E-state index in [4.69, 9.17) is 10.2 Å². The molecule has 0 aliphatic rings. The van der Waals surface area contributed by atoms with Gasteiger partial charge in [-0.15, -0.1) is 0 Å². The third kappa shape index (κ3) is 9.75. The van der Waals surface area contributed by atoms with Crippen LogP contribution in [-0.2, 0) is 0 Å². The van der Waals surface area contributed by atoms with E-state index in [1.165, 1.54) is 0 Å². The molecular weight excluding hydrogens is 160 g/mol. The summed E-state index contributed by atoms with van der Waals surface area (Å²) in [6, 6.07) is 0. The van der Waals surface area contributed by atoms with Crippen molar-refractivity contribution < 1.29 is 19.8 Å². The van der Waals surface area contributed by atoms with Crippen LogP contribution in [0, 0.1) is 0 Å². The molecule has 8 heavy (non-hydrogen) atoms. The Hall–Kier alpha value is 0.550. The van der Waals surface area contributed by atoms with Gasteiger partial charge in [0, 0.05) is 37.7 Å². The number of thioether (sulfide) groups is 1. The minimum atomic E-state index is -1.40. The van der Waals surface area contributed by atoms with Crippen LogP contribution in [0.2, 0.25) is 0 Å². The number of hydrogen-bond acceptors (Lipinski definition) is 3. The van der Waals surface area contributed by atoms with E-state index >= 15 is 0 Å². The largest absolute Gasteiger partial charge is 0.473 e. The second-order valence-electron chi connectivity index (χ2n) is 0.634. The Kier molecular flexibility index (Phi) is 8.07. The van der Waals surface area contributed by atoms with E-state index in [-0.39, 0.29) is 49.5 Å². The molecule has 0 spiro atoms. The van der Waals surface area contributed by atoms with Crippen LogP contribution >= 0.6 is 11.8 Å². The van der Waals surface area contributed by atoms with E-state index in [0.717, 1.165) is 0 Å². The Bertz CT molecular complexity index is 90.2. The maximum atomic E-state index is 9.39. The van der Waals surface area contributed by atoms with Crippen LogP contribution in [0.1, 0.15) is 0 Å². The van der Waals surface area contributed by atoms with Crippen LogP contribution in [0.15, 0.2) is 0 Å². The van der Waals surface area contributed by atoms with Gasteiger partial charge in [0.05, 0.1) is 11.8 Å². The topological polar surface area (TPSA) is 74.6 Å². The van der Waals surface area contributed by atoms with Crippen molar-refractivity contribution >= 4 is 60.1 Å². The Morgan fingerprint density at radius 1 is 1.12 bits per heavy atom. The SMILES string of the molecule is O=C(O)SC(=O)O.[Ca]. The standard InChI is InChI=1S/C2H2O4S.Ca/c3-1(4)7-2(5)6;/h(H,3,4)(H,5,6);. The molecule has 42 valence electrons. The monoisotopic (exact) mass is 162 g/mol. The second kappa shape index (κ2) is 5.68. The minimum Gasteiger partial charge on any atom is -0.473 e. The van der Waals surface area contributed by atoms with Gasteiger partial charge in [0.1, 0.15) is 0 Å². The van der Waals surface area contributed by atoms with Crippen LogP contribution in [-0.4, -0.2) is 58.6 Å². The molecule has 0 amide bonds. The van der Waals surface area contributed by atoms with Gasteiger partial charge in [-0.2, -0.15) is 0 Å². The number of carboxylic acid groups (broad SMARTS) is 2. The zero-order valence-corrected chi connectivity index (χ0v) is 6.85. The molecule has 0 heterocycles. The molecule has 0 atom stereocenters. The second-order valence-corrected chi connectivity index (χ2v) is 1.54. The average molecular weight is 162 g/mol. The molecule has 0 aromatic heterocycles. The van der Waals surface area contributed by atoms with E-state index in [1.54, 1.807) is 0 Å². The molecule has 0 saturated heterocycles. The first kappa shape index (κ1) is 11.4. The molecule has 4 nitrogen and oxygen atoms in total. The fraction of sp³-hybridized carbons (Fsp3) is 0. The summed E-state index contributed by atoms with van der Waals surface area (Å²) in [5.41, 5.74) is 0. The molecule has 0 saturated carbocycles. The number of rotatable bonds is 0. The van der Waals surface area contributed by atoms with Crippen molar-refractivity contribution in [3.8, 4) is 0 Å². The maximum absolute atomic E-state index is 9.39. The molecule has 6 heteroatoms. The predicted octanol–water partition coefficient (Wildman–Crippen LogP) is 0.695. The summed E-state index contributed by atoms with van der Waals surface area (Å²) in [6.07, 6.45) is 0.